The van der Waals surface area contributed by atoms with E-state index in [4.69, 9.17) is 28.9 Å². The van der Waals surface area contributed by atoms with Crippen molar-refractivity contribution in [1.29, 1.82) is 0 Å². The molecule has 1 atom stereocenters. The van der Waals surface area contributed by atoms with Crippen LogP contribution in [0.25, 0.3) is 0 Å². The predicted octanol–water partition coefficient (Wildman–Crippen LogP) is 3.31. The van der Waals surface area contributed by atoms with E-state index in [9.17, 15) is 4.79 Å². The predicted molar refractivity (Wildman–Crippen MR) is 67.8 cm³/mol. The van der Waals surface area contributed by atoms with Crippen molar-refractivity contribution in [3.05, 3.63) is 46.5 Å². The van der Waals surface area contributed by atoms with Crippen LogP contribution in [0.3, 0.4) is 0 Å². The summed E-state index contributed by atoms with van der Waals surface area (Å²) in [7, 11) is 0. The summed E-state index contributed by atoms with van der Waals surface area (Å²) in [6.07, 6.45) is 2.12. The number of rotatable bonds is 4. The Balaban J connectivity index is 3.26. The maximum atomic E-state index is 11.5. The van der Waals surface area contributed by atoms with Gasteiger partial charge >= 0.3 is 0 Å². The van der Waals surface area contributed by atoms with E-state index in [1.165, 1.54) is 0 Å². The van der Waals surface area contributed by atoms with Crippen LogP contribution in [-0.2, 0) is 10.2 Å². The fourth-order valence-corrected chi connectivity index (χ4v) is 1.79. The Bertz CT molecular complexity index is 431. The van der Waals surface area contributed by atoms with Crippen molar-refractivity contribution >= 4 is 29.1 Å². The molecule has 2 nitrogen and oxygen atoms in total. The monoisotopic (exact) mass is 257 g/mol. The molecule has 0 heterocycles. The number of carbonyl (C=O) groups excluding carboxylic acids is 1. The highest BCUT2D eigenvalue weighted by atomic mass is 35.5. The maximum absolute atomic E-state index is 11.5. The van der Waals surface area contributed by atoms with Crippen LogP contribution in [0.5, 0.6) is 0 Å². The fourth-order valence-electron chi connectivity index (χ4n) is 1.49. The minimum atomic E-state index is -0.796. The third-order valence-electron chi connectivity index (χ3n) is 2.65. The van der Waals surface area contributed by atoms with E-state index in [-0.39, 0.29) is 0 Å². The van der Waals surface area contributed by atoms with Crippen LogP contribution in [0, 0.1) is 0 Å². The quantitative estimate of drug-likeness (QED) is 0.827. The van der Waals surface area contributed by atoms with Crippen molar-refractivity contribution in [2.75, 3.05) is 0 Å². The Morgan fingerprint density at radius 1 is 1.50 bits per heavy atom. The molecule has 0 fully saturated rings. The molecular weight excluding hydrogens is 245 g/mol. The van der Waals surface area contributed by atoms with Crippen molar-refractivity contribution in [2.45, 2.75) is 18.8 Å². The lowest BCUT2D eigenvalue weighted by Crippen LogP contribution is -2.38. The van der Waals surface area contributed by atoms with E-state index in [1.54, 1.807) is 31.2 Å². The lowest BCUT2D eigenvalue weighted by Gasteiger charge is -2.25. The highest BCUT2D eigenvalue weighted by Crippen LogP contribution is 2.32. The number of allylic oxidation sites excluding steroid dienone is 1. The molecule has 0 aliphatic heterocycles. The van der Waals surface area contributed by atoms with Crippen molar-refractivity contribution in [3.8, 4) is 0 Å². The first-order chi connectivity index (χ1) is 7.41. The van der Waals surface area contributed by atoms with Crippen LogP contribution in [0.4, 0.5) is 0 Å². The summed E-state index contributed by atoms with van der Waals surface area (Å²) in [5, 5.41) is 0.867. The Labute approximate surface area is 105 Å². The second-order valence-electron chi connectivity index (χ2n) is 3.82. The number of hydrogen-bond acceptors (Lipinski definition) is 1. The first-order valence-electron chi connectivity index (χ1n) is 4.78. The molecule has 0 unspecified atom stereocenters. The van der Waals surface area contributed by atoms with Gasteiger partial charge in [-0.15, -0.1) is 6.58 Å². The topological polar surface area (TPSA) is 43.1 Å². The molecule has 0 saturated heterocycles. The van der Waals surface area contributed by atoms with E-state index in [0.29, 0.717) is 16.5 Å². The first kappa shape index (κ1) is 13.1. The third kappa shape index (κ3) is 2.39. The van der Waals surface area contributed by atoms with Gasteiger partial charge in [-0.3, -0.25) is 4.79 Å². The lowest BCUT2D eigenvalue weighted by atomic mass is 9.79. The zero-order chi connectivity index (χ0) is 12.3. The third-order valence-corrected chi connectivity index (χ3v) is 3.39. The fraction of sp³-hybridized carbons (Fsp3) is 0.250. The van der Waals surface area contributed by atoms with Gasteiger partial charge in [-0.1, -0.05) is 35.3 Å². The zero-order valence-electron chi connectivity index (χ0n) is 8.97. The molecule has 2 N–H and O–H groups in total. The molecule has 0 aliphatic rings. The van der Waals surface area contributed by atoms with Crippen LogP contribution in [0.15, 0.2) is 30.9 Å². The second kappa shape index (κ2) is 4.89. The molecule has 1 aromatic rings. The van der Waals surface area contributed by atoms with Gasteiger partial charge in [-0.05, 0) is 31.0 Å². The molecular formula is C12H13Cl2NO. The molecule has 0 saturated carbocycles. The average Bonchev–Trinajstić information content (AvgIpc) is 2.22. The van der Waals surface area contributed by atoms with Crippen molar-refractivity contribution in [3.63, 3.8) is 0 Å². The van der Waals surface area contributed by atoms with E-state index in [0.717, 1.165) is 5.56 Å². The van der Waals surface area contributed by atoms with Gasteiger partial charge in [0, 0.05) is 0 Å². The molecule has 1 rings (SSSR count). The minimum Gasteiger partial charge on any atom is -0.369 e. The van der Waals surface area contributed by atoms with Gasteiger partial charge in [0.2, 0.25) is 5.91 Å². The first-order valence-corrected chi connectivity index (χ1v) is 5.53. The van der Waals surface area contributed by atoms with E-state index >= 15 is 0 Å². The Hall–Kier alpha value is -0.990. The number of amides is 1. The summed E-state index contributed by atoms with van der Waals surface area (Å²) >= 11 is 11.7. The van der Waals surface area contributed by atoms with Crippen LogP contribution in [0.1, 0.15) is 18.9 Å². The number of carbonyl (C=O) groups is 1. The molecule has 0 bridgehead atoms. The molecule has 4 heteroatoms. The van der Waals surface area contributed by atoms with Crippen molar-refractivity contribution in [2.24, 2.45) is 5.73 Å². The maximum Gasteiger partial charge on any atom is 0.228 e. The van der Waals surface area contributed by atoms with E-state index in [2.05, 4.69) is 6.58 Å². The molecule has 1 aromatic carbocycles. The van der Waals surface area contributed by atoms with Crippen LogP contribution in [0.2, 0.25) is 10.0 Å². The normalized spacial score (nSPS) is 14.2. The molecule has 16 heavy (non-hydrogen) atoms. The summed E-state index contributed by atoms with van der Waals surface area (Å²) in [6, 6.07) is 5.07. The van der Waals surface area contributed by atoms with Crippen LogP contribution in [-0.4, -0.2) is 5.91 Å². The number of primary amides is 1. The molecule has 0 aromatic heterocycles. The Morgan fingerprint density at radius 3 is 2.56 bits per heavy atom. The number of nitrogens with two attached hydrogens (primary N) is 1. The summed E-state index contributed by atoms with van der Waals surface area (Å²) in [6.45, 7) is 5.39. The highest BCUT2D eigenvalue weighted by molar-refractivity contribution is 6.42. The molecule has 1 amide bonds. The molecule has 0 radical (unpaired) electrons. The largest absolute Gasteiger partial charge is 0.369 e. The number of hydrogen-bond donors (Lipinski definition) is 1. The summed E-state index contributed by atoms with van der Waals surface area (Å²) in [4.78, 5) is 11.5. The summed E-state index contributed by atoms with van der Waals surface area (Å²) < 4.78 is 0. The van der Waals surface area contributed by atoms with Crippen LogP contribution < -0.4 is 5.73 Å². The molecule has 0 aliphatic carbocycles. The molecule has 86 valence electrons. The zero-order valence-corrected chi connectivity index (χ0v) is 10.5. The summed E-state index contributed by atoms with van der Waals surface area (Å²) in [5.41, 5.74) is 5.36. The average molecular weight is 258 g/mol. The summed E-state index contributed by atoms with van der Waals surface area (Å²) in [5.74, 6) is -0.411. The van der Waals surface area contributed by atoms with Gasteiger partial charge in [0.05, 0.1) is 15.5 Å². The van der Waals surface area contributed by atoms with Gasteiger partial charge in [0.1, 0.15) is 0 Å². The highest BCUT2D eigenvalue weighted by Gasteiger charge is 2.32. The Kier molecular flexibility index (Phi) is 4.00. The smallest absolute Gasteiger partial charge is 0.228 e. The Morgan fingerprint density at radius 2 is 2.12 bits per heavy atom. The molecule has 0 spiro atoms. The van der Waals surface area contributed by atoms with Gasteiger partial charge in [-0.25, -0.2) is 0 Å². The number of benzene rings is 1. The minimum absolute atomic E-state index is 0.411. The van der Waals surface area contributed by atoms with Crippen molar-refractivity contribution in [1.82, 2.24) is 0 Å². The van der Waals surface area contributed by atoms with Gasteiger partial charge in [0.25, 0.3) is 0 Å². The second-order valence-corrected chi connectivity index (χ2v) is 4.63. The van der Waals surface area contributed by atoms with E-state index < -0.39 is 11.3 Å². The SMILES string of the molecule is C=CC[C@](C)(C(N)=O)c1ccc(Cl)c(Cl)c1. The van der Waals surface area contributed by atoms with Gasteiger partial charge < -0.3 is 5.73 Å². The number of halogens is 2. The van der Waals surface area contributed by atoms with Gasteiger partial charge in [-0.2, -0.15) is 0 Å². The standard InChI is InChI=1S/C12H13Cl2NO/c1-3-6-12(2,11(15)16)8-4-5-9(13)10(14)7-8/h3-5,7H,1,6H2,2H3,(H2,15,16)/t12-/m0/s1. The lowest BCUT2D eigenvalue weighted by molar-refractivity contribution is -0.122. The van der Waals surface area contributed by atoms with E-state index in [1.807, 2.05) is 0 Å². The van der Waals surface area contributed by atoms with Crippen LogP contribution >= 0.6 is 23.2 Å². The van der Waals surface area contributed by atoms with Crippen molar-refractivity contribution < 1.29 is 4.79 Å². The van der Waals surface area contributed by atoms with Gasteiger partial charge in [0.15, 0.2) is 0 Å².